The fourth-order valence-corrected chi connectivity index (χ4v) is 2.11. The Bertz CT molecular complexity index is 714. The predicted molar refractivity (Wildman–Crippen MR) is 81.9 cm³/mol. The van der Waals surface area contributed by atoms with Gasteiger partial charge in [0.15, 0.2) is 0 Å². The number of nitro benzene ring substituents is 1. The highest BCUT2D eigenvalue weighted by Crippen LogP contribution is 2.27. The van der Waals surface area contributed by atoms with Crippen LogP contribution in [-0.2, 0) is 0 Å². The molecular weight excluding hydrogens is 317 g/mol. The maximum atomic E-state index is 12.1. The molecule has 2 rings (SSSR count). The van der Waals surface area contributed by atoms with Gasteiger partial charge in [-0.1, -0.05) is 23.2 Å². The number of nitro groups is 1. The van der Waals surface area contributed by atoms with Crippen molar-refractivity contribution in [1.82, 2.24) is 0 Å². The molecule has 1 amide bonds. The second kappa shape index (κ2) is 5.99. The van der Waals surface area contributed by atoms with Crippen molar-refractivity contribution in [2.45, 2.75) is 0 Å². The first-order valence-corrected chi connectivity index (χ1v) is 6.44. The zero-order valence-corrected chi connectivity index (χ0v) is 12.0. The van der Waals surface area contributed by atoms with Crippen LogP contribution < -0.4 is 11.1 Å². The van der Waals surface area contributed by atoms with E-state index in [9.17, 15) is 14.9 Å². The summed E-state index contributed by atoms with van der Waals surface area (Å²) in [4.78, 5) is 22.2. The van der Waals surface area contributed by atoms with Crippen LogP contribution >= 0.6 is 23.2 Å². The molecule has 0 atom stereocenters. The number of rotatable bonds is 3. The zero-order valence-electron chi connectivity index (χ0n) is 10.5. The minimum atomic E-state index is -0.630. The van der Waals surface area contributed by atoms with Crippen LogP contribution in [0.15, 0.2) is 36.4 Å². The lowest BCUT2D eigenvalue weighted by atomic mass is 10.2. The summed E-state index contributed by atoms with van der Waals surface area (Å²) in [6, 6.07) is 8.37. The van der Waals surface area contributed by atoms with Gasteiger partial charge in [-0.3, -0.25) is 14.9 Å². The molecule has 0 radical (unpaired) electrons. The molecule has 2 aromatic rings. The van der Waals surface area contributed by atoms with Gasteiger partial charge in [-0.15, -0.1) is 0 Å². The molecule has 21 heavy (non-hydrogen) atoms. The van der Waals surface area contributed by atoms with Gasteiger partial charge in [0.1, 0.15) is 5.02 Å². The molecule has 0 aliphatic heterocycles. The molecule has 0 spiro atoms. The lowest BCUT2D eigenvalue weighted by Gasteiger charge is -2.07. The van der Waals surface area contributed by atoms with Gasteiger partial charge in [0.05, 0.1) is 4.92 Å². The van der Waals surface area contributed by atoms with E-state index in [0.29, 0.717) is 10.7 Å². The number of nitrogen functional groups attached to an aromatic ring is 1. The molecule has 0 aliphatic carbocycles. The number of benzene rings is 2. The Hall–Kier alpha value is -2.31. The highest BCUT2D eigenvalue weighted by atomic mass is 35.5. The van der Waals surface area contributed by atoms with Crippen molar-refractivity contribution >= 4 is 46.2 Å². The third-order valence-electron chi connectivity index (χ3n) is 2.58. The zero-order chi connectivity index (χ0) is 15.6. The van der Waals surface area contributed by atoms with Crippen LogP contribution in [0.25, 0.3) is 0 Å². The molecule has 6 nitrogen and oxygen atoms in total. The van der Waals surface area contributed by atoms with Crippen LogP contribution in [0.3, 0.4) is 0 Å². The highest BCUT2D eigenvalue weighted by molar-refractivity contribution is 6.33. The van der Waals surface area contributed by atoms with Crippen LogP contribution in [0, 0.1) is 10.1 Å². The number of hydrogen-bond donors (Lipinski definition) is 2. The molecule has 0 heterocycles. The Kier molecular flexibility index (Phi) is 4.30. The Morgan fingerprint density at radius 3 is 2.52 bits per heavy atom. The summed E-state index contributed by atoms with van der Waals surface area (Å²) in [5.41, 5.74) is 6.15. The number of nitrogens with zero attached hydrogens (tertiary/aromatic N) is 1. The molecule has 3 N–H and O–H groups in total. The van der Waals surface area contributed by atoms with E-state index in [1.807, 2.05) is 0 Å². The van der Waals surface area contributed by atoms with Gasteiger partial charge in [-0.05, 0) is 30.3 Å². The molecule has 8 heteroatoms. The SMILES string of the molecule is Nc1cc(Cl)cc(C(=O)Nc2ccc(Cl)c([N+](=O)[O-])c2)c1. The number of nitrogens with one attached hydrogen (secondary N) is 1. The topological polar surface area (TPSA) is 98.3 Å². The van der Waals surface area contributed by atoms with Gasteiger partial charge in [0.2, 0.25) is 0 Å². The number of anilines is 2. The van der Waals surface area contributed by atoms with E-state index in [0.717, 1.165) is 0 Å². The Morgan fingerprint density at radius 2 is 1.90 bits per heavy atom. The summed E-state index contributed by atoms with van der Waals surface area (Å²) >= 11 is 11.5. The second-order valence-corrected chi connectivity index (χ2v) is 4.99. The summed E-state index contributed by atoms with van der Waals surface area (Å²) in [6.45, 7) is 0. The fourth-order valence-electron chi connectivity index (χ4n) is 1.68. The molecule has 0 saturated carbocycles. The van der Waals surface area contributed by atoms with E-state index in [1.54, 1.807) is 0 Å². The molecule has 2 aromatic carbocycles. The highest BCUT2D eigenvalue weighted by Gasteiger charge is 2.15. The van der Waals surface area contributed by atoms with Gasteiger partial charge < -0.3 is 11.1 Å². The first-order valence-electron chi connectivity index (χ1n) is 5.68. The standard InChI is InChI=1S/C13H9Cl2N3O3/c14-8-3-7(4-9(16)5-8)13(19)17-10-1-2-11(15)12(6-10)18(20)21/h1-6H,16H2,(H,17,19). The average Bonchev–Trinajstić information content (AvgIpc) is 2.39. The van der Waals surface area contributed by atoms with E-state index in [2.05, 4.69) is 5.32 Å². The van der Waals surface area contributed by atoms with E-state index < -0.39 is 10.8 Å². The Balaban J connectivity index is 2.27. The van der Waals surface area contributed by atoms with Crippen molar-refractivity contribution in [3.05, 3.63) is 62.1 Å². The predicted octanol–water partition coefficient (Wildman–Crippen LogP) is 3.74. The summed E-state index contributed by atoms with van der Waals surface area (Å²) in [6.07, 6.45) is 0. The molecule has 0 saturated heterocycles. The van der Waals surface area contributed by atoms with E-state index >= 15 is 0 Å². The lowest BCUT2D eigenvalue weighted by molar-refractivity contribution is -0.384. The molecule has 0 aliphatic rings. The fraction of sp³-hybridized carbons (Fsp3) is 0. The van der Waals surface area contributed by atoms with Crippen molar-refractivity contribution in [2.75, 3.05) is 11.1 Å². The van der Waals surface area contributed by atoms with Gasteiger partial charge in [0, 0.05) is 28.0 Å². The van der Waals surface area contributed by atoms with Crippen molar-refractivity contribution in [1.29, 1.82) is 0 Å². The quantitative estimate of drug-likeness (QED) is 0.510. The van der Waals surface area contributed by atoms with E-state index in [4.69, 9.17) is 28.9 Å². The van der Waals surface area contributed by atoms with Crippen LogP contribution in [0.2, 0.25) is 10.0 Å². The van der Waals surface area contributed by atoms with Gasteiger partial charge in [-0.2, -0.15) is 0 Å². The van der Waals surface area contributed by atoms with Crippen LogP contribution in [-0.4, -0.2) is 10.8 Å². The monoisotopic (exact) mass is 325 g/mol. The summed E-state index contributed by atoms with van der Waals surface area (Å²) < 4.78 is 0. The second-order valence-electron chi connectivity index (χ2n) is 4.15. The maximum Gasteiger partial charge on any atom is 0.289 e. The number of halogens is 2. The Morgan fingerprint density at radius 1 is 1.19 bits per heavy atom. The van der Waals surface area contributed by atoms with Crippen molar-refractivity contribution in [3.8, 4) is 0 Å². The van der Waals surface area contributed by atoms with Crippen molar-refractivity contribution < 1.29 is 9.72 Å². The molecular formula is C13H9Cl2N3O3. The largest absolute Gasteiger partial charge is 0.399 e. The van der Waals surface area contributed by atoms with Gasteiger partial charge in [0.25, 0.3) is 11.6 Å². The van der Waals surface area contributed by atoms with Crippen LogP contribution in [0.5, 0.6) is 0 Å². The number of hydrogen-bond acceptors (Lipinski definition) is 4. The van der Waals surface area contributed by atoms with Crippen LogP contribution in [0.4, 0.5) is 17.1 Å². The number of nitrogens with two attached hydrogens (primary N) is 1. The molecule has 0 aromatic heterocycles. The van der Waals surface area contributed by atoms with Crippen molar-refractivity contribution in [3.63, 3.8) is 0 Å². The first kappa shape index (κ1) is 15.1. The average molecular weight is 326 g/mol. The molecule has 0 fully saturated rings. The normalized spacial score (nSPS) is 10.2. The van der Waals surface area contributed by atoms with E-state index in [-0.39, 0.29) is 22.0 Å². The molecule has 108 valence electrons. The number of carbonyl (C=O) groups excluding carboxylic acids is 1. The summed E-state index contributed by atoms with van der Waals surface area (Å²) in [5.74, 6) is -0.485. The number of carbonyl (C=O) groups is 1. The Labute approximate surface area is 129 Å². The smallest absolute Gasteiger partial charge is 0.289 e. The van der Waals surface area contributed by atoms with E-state index in [1.165, 1.54) is 36.4 Å². The summed E-state index contributed by atoms with van der Waals surface area (Å²) in [5, 5.41) is 13.6. The number of amides is 1. The minimum Gasteiger partial charge on any atom is -0.399 e. The van der Waals surface area contributed by atoms with Crippen LogP contribution in [0.1, 0.15) is 10.4 Å². The minimum absolute atomic E-state index is 0.00926. The molecule has 0 unspecified atom stereocenters. The maximum absolute atomic E-state index is 12.1. The third kappa shape index (κ3) is 3.62. The molecule has 0 bridgehead atoms. The van der Waals surface area contributed by atoms with Crippen molar-refractivity contribution in [2.24, 2.45) is 0 Å². The third-order valence-corrected chi connectivity index (χ3v) is 3.12. The lowest BCUT2D eigenvalue weighted by Crippen LogP contribution is -2.12. The van der Waals surface area contributed by atoms with Gasteiger partial charge >= 0.3 is 0 Å². The first-order chi connectivity index (χ1) is 9.86. The van der Waals surface area contributed by atoms with Gasteiger partial charge in [-0.25, -0.2) is 0 Å². The summed E-state index contributed by atoms with van der Waals surface area (Å²) in [7, 11) is 0.